The first-order chi connectivity index (χ1) is 13.7. The zero-order valence-corrected chi connectivity index (χ0v) is 18.0. The van der Waals surface area contributed by atoms with Crippen molar-refractivity contribution in [1.29, 1.82) is 0 Å². The Kier molecular flexibility index (Phi) is 9.01. The van der Waals surface area contributed by atoms with Crippen molar-refractivity contribution in [3.63, 3.8) is 0 Å². The average molecular weight is 386 g/mol. The Morgan fingerprint density at radius 1 is 1.00 bits per heavy atom. The van der Waals surface area contributed by atoms with Gasteiger partial charge in [0.2, 0.25) is 0 Å². The molecule has 0 saturated carbocycles. The normalized spacial score (nSPS) is 11.9. The van der Waals surface area contributed by atoms with E-state index < -0.39 is 0 Å². The van der Waals surface area contributed by atoms with Gasteiger partial charge in [-0.15, -0.1) is 0 Å². The Bertz CT molecular complexity index is 728. The van der Waals surface area contributed by atoms with E-state index in [9.17, 15) is 0 Å². The van der Waals surface area contributed by atoms with Crippen molar-refractivity contribution in [3.05, 3.63) is 52.4 Å². The van der Waals surface area contributed by atoms with Crippen LogP contribution < -0.4 is 10.6 Å². The van der Waals surface area contributed by atoms with Crippen LogP contribution in [0.25, 0.3) is 0 Å². The van der Waals surface area contributed by atoms with E-state index in [0.29, 0.717) is 6.54 Å². The van der Waals surface area contributed by atoms with Crippen LogP contribution in [0, 0.1) is 0 Å². The third-order valence-corrected chi connectivity index (χ3v) is 5.12. The molecule has 1 heterocycles. The van der Waals surface area contributed by atoms with Gasteiger partial charge in [0.15, 0.2) is 5.96 Å². The Morgan fingerprint density at radius 3 is 2.29 bits per heavy atom. The average Bonchev–Trinajstić information content (AvgIpc) is 3.14. The van der Waals surface area contributed by atoms with Crippen LogP contribution in [0.5, 0.6) is 0 Å². The van der Waals surface area contributed by atoms with Crippen LogP contribution in [0.1, 0.15) is 55.8 Å². The molecule has 0 aliphatic carbocycles. The molecule has 28 heavy (non-hydrogen) atoms. The van der Waals surface area contributed by atoms with Crippen LogP contribution in [-0.4, -0.2) is 36.2 Å². The van der Waals surface area contributed by atoms with Crippen LogP contribution in [0.15, 0.2) is 33.8 Å². The van der Waals surface area contributed by atoms with E-state index in [1.54, 1.807) is 7.05 Å². The summed E-state index contributed by atoms with van der Waals surface area (Å²) in [5.41, 5.74) is 4.82. The van der Waals surface area contributed by atoms with Gasteiger partial charge in [0, 0.05) is 38.7 Å². The minimum absolute atomic E-state index is 0.663. The number of rotatable bonds is 10. The highest BCUT2D eigenvalue weighted by Gasteiger charge is 2.14. The lowest BCUT2D eigenvalue weighted by atomic mass is 10.1. The predicted octanol–water partition coefficient (Wildman–Crippen LogP) is 3.51. The van der Waals surface area contributed by atoms with Gasteiger partial charge in [-0.2, -0.15) is 0 Å². The van der Waals surface area contributed by atoms with Gasteiger partial charge in [0.25, 0.3) is 0 Å². The number of benzene rings is 1. The molecule has 0 unspecified atom stereocenters. The Labute approximate surface area is 169 Å². The first kappa shape index (κ1) is 22.0. The van der Waals surface area contributed by atoms with Gasteiger partial charge in [-0.25, -0.2) is 0 Å². The summed E-state index contributed by atoms with van der Waals surface area (Å²) in [6.45, 7) is 13.1. The van der Waals surface area contributed by atoms with Crippen LogP contribution in [0.3, 0.4) is 0 Å². The second kappa shape index (κ2) is 11.5. The van der Waals surface area contributed by atoms with E-state index in [1.807, 2.05) is 0 Å². The number of aliphatic imine (C=N–C) groups is 1. The van der Waals surface area contributed by atoms with E-state index in [4.69, 9.17) is 4.52 Å². The van der Waals surface area contributed by atoms with E-state index in [1.165, 1.54) is 11.1 Å². The van der Waals surface area contributed by atoms with E-state index in [0.717, 1.165) is 62.0 Å². The predicted molar refractivity (Wildman–Crippen MR) is 115 cm³/mol. The molecular formula is C22H35N5O. The van der Waals surface area contributed by atoms with Crippen molar-refractivity contribution in [3.8, 4) is 0 Å². The van der Waals surface area contributed by atoms with Gasteiger partial charge < -0.3 is 15.2 Å². The lowest BCUT2D eigenvalue weighted by molar-refractivity contribution is 0.295. The fourth-order valence-corrected chi connectivity index (χ4v) is 3.28. The first-order valence-corrected chi connectivity index (χ1v) is 10.4. The van der Waals surface area contributed by atoms with Crippen molar-refractivity contribution >= 4 is 5.96 Å². The molecule has 1 aromatic carbocycles. The summed E-state index contributed by atoms with van der Waals surface area (Å²) in [5.74, 6) is 1.73. The number of nitrogens with one attached hydrogen (secondary N) is 2. The van der Waals surface area contributed by atoms with Gasteiger partial charge >= 0.3 is 0 Å². The molecule has 0 bridgehead atoms. The number of hydrogen-bond acceptors (Lipinski definition) is 4. The maximum atomic E-state index is 5.45. The lowest BCUT2D eigenvalue weighted by Gasteiger charge is -2.20. The fourth-order valence-electron chi connectivity index (χ4n) is 3.28. The number of nitrogens with zero attached hydrogens (tertiary/aromatic N) is 3. The SMILES string of the molecule is CCc1noc(CC)c1CNC(=NC)NCc1ccccc1CN(CC)CC. The summed E-state index contributed by atoms with van der Waals surface area (Å²) in [6.07, 6.45) is 1.71. The third kappa shape index (κ3) is 5.83. The van der Waals surface area contributed by atoms with Gasteiger partial charge in [-0.1, -0.05) is 57.1 Å². The first-order valence-electron chi connectivity index (χ1n) is 10.4. The summed E-state index contributed by atoms with van der Waals surface area (Å²) < 4.78 is 5.45. The molecule has 0 fully saturated rings. The summed E-state index contributed by atoms with van der Waals surface area (Å²) in [7, 11) is 1.80. The zero-order valence-electron chi connectivity index (χ0n) is 18.0. The number of hydrogen-bond donors (Lipinski definition) is 2. The Balaban J connectivity index is 1.99. The molecule has 0 atom stereocenters. The molecule has 6 nitrogen and oxygen atoms in total. The molecule has 2 N–H and O–H groups in total. The number of aryl methyl sites for hydroxylation is 2. The Hall–Kier alpha value is -2.34. The largest absolute Gasteiger partial charge is 0.361 e. The molecule has 2 rings (SSSR count). The maximum absolute atomic E-state index is 5.45. The molecule has 0 aliphatic heterocycles. The van der Waals surface area contributed by atoms with E-state index in [2.05, 4.69) is 77.6 Å². The van der Waals surface area contributed by atoms with Crippen LogP contribution in [-0.2, 0) is 32.5 Å². The smallest absolute Gasteiger partial charge is 0.191 e. The van der Waals surface area contributed by atoms with Crippen LogP contribution in [0.2, 0.25) is 0 Å². The van der Waals surface area contributed by atoms with Crippen molar-refractivity contribution in [2.75, 3.05) is 20.1 Å². The summed E-state index contributed by atoms with van der Waals surface area (Å²) in [6, 6.07) is 8.60. The standard InChI is InChI=1S/C22H35N5O/c1-6-20-19(21(7-2)28-26-20)15-25-22(23-5)24-14-17-12-10-11-13-18(17)16-27(8-3)9-4/h10-13H,6-9,14-16H2,1-5H3,(H2,23,24,25). The van der Waals surface area contributed by atoms with Gasteiger partial charge in [-0.05, 0) is 30.6 Å². The third-order valence-electron chi connectivity index (χ3n) is 5.12. The van der Waals surface area contributed by atoms with Crippen molar-refractivity contribution < 1.29 is 4.52 Å². The minimum Gasteiger partial charge on any atom is -0.361 e. The second-order valence-electron chi connectivity index (χ2n) is 6.75. The van der Waals surface area contributed by atoms with Gasteiger partial charge in [-0.3, -0.25) is 9.89 Å². The van der Waals surface area contributed by atoms with Crippen molar-refractivity contribution in [2.24, 2.45) is 4.99 Å². The molecule has 154 valence electrons. The lowest BCUT2D eigenvalue weighted by Crippen LogP contribution is -2.37. The molecule has 2 aromatic rings. The minimum atomic E-state index is 0.663. The highest BCUT2D eigenvalue weighted by atomic mass is 16.5. The highest BCUT2D eigenvalue weighted by molar-refractivity contribution is 5.79. The second-order valence-corrected chi connectivity index (χ2v) is 6.75. The summed E-state index contributed by atoms with van der Waals surface area (Å²) >= 11 is 0. The molecule has 6 heteroatoms. The Morgan fingerprint density at radius 2 is 1.68 bits per heavy atom. The zero-order chi connectivity index (χ0) is 20.4. The van der Waals surface area contributed by atoms with Gasteiger partial charge in [0.05, 0.1) is 5.69 Å². The molecule has 0 aliphatic rings. The monoisotopic (exact) mass is 385 g/mol. The molecule has 0 saturated heterocycles. The summed E-state index contributed by atoms with van der Waals surface area (Å²) in [5, 5.41) is 11.0. The topological polar surface area (TPSA) is 65.7 Å². The van der Waals surface area contributed by atoms with Crippen molar-refractivity contribution in [1.82, 2.24) is 20.7 Å². The van der Waals surface area contributed by atoms with E-state index >= 15 is 0 Å². The fraction of sp³-hybridized carbons (Fsp3) is 0.545. The molecule has 1 aromatic heterocycles. The quantitative estimate of drug-likeness (QED) is 0.484. The maximum Gasteiger partial charge on any atom is 0.191 e. The molecule has 0 radical (unpaired) electrons. The highest BCUT2D eigenvalue weighted by Crippen LogP contribution is 2.15. The van der Waals surface area contributed by atoms with Gasteiger partial charge in [0.1, 0.15) is 5.76 Å². The molecule has 0 spiro atoms. The van der Waals surface area contributed by atoms with Crippen LogP contribution >= 0.6 is 0 Å². The van der Waals surface area contributed by atoms with E-state index in [-0.39, 0.29) is 0 Å². The molecule has 0 amide bonds. The molecular weight excluding hydrogens is 350 g/mol. The number of guanidine groups is 1. The van der Waals surface area contributed by atoms with Crippen LogP contribution in [0.4, 0.5) is 0 Å². The number of aromatic nitrogens is 1. The van der Waals surface area contributed by atoms with Crippen molar-refractivity contribution in [2.45, 2.75) is 60.2 Å². The summed E-state index contributed by atoms with van der Waals surface area (Å²) in [4.78, 5) is 6.80.